The van der Waals surface area contributed by atoms with Gasteiger partial charge in [-0.05, 0) is 35.7 Å². The van der Waals surface area contributed by atoms with Gasteiger partial charge in [-0.25, -0.2) is 0 Å². The van der Waals surface area contributed by atoms with Crippen molar-refractivity contribution in [3.8, 4) is 11.1 Å². The van der Waals surface area contributed by atoms with E-state index in [1.54, 1.807) is 11.8 Å². The summed E-state index contributed by atoms with van der Waals surface area (Å²) in [4.78, 5) is 13.1. The van der Waals surface area contributed by atoms with Gasteiger partial charge in [0.2, 0.25) is 5.91 Å². The van der Waals surface area contributed by atoms with E-state index in [0.29, 0.717) is 26.2 Å². The van der Waals surface area contributed by atoms with E-state index in [2.05, 4.69) is 5.32 Å². The Balaban J connectivity index is 1.89. The van der Waals surface area contributed by atoms with Crippen LogP contribution in [-0.2, 0) is 17.5 Å². The first kappa shape index (κ1) is 20.0. The first-order valence-electron chi connectivity index (χ1n) is 8.54. The fourth-order valence-corrected chi connectivity index (χ4v) is 2.65. The van der Waals surface area contributed by atoms with Crippen LogP contribution in [0.5, 0.6) is 0 Å². The Kier molecular flexibility index (Phi) is 6.80. The van der Waals surface area contributed by atoms with E-state index in [1.165, 1.54) is 12.1 Å². The van der Waals surface area contributed by atoms with Crippen molar-refractivity contribution in [1.82, 2.24) is 10.2 Å². The van der Waals surface area contributed by atoms with E-state index >= 15 is 0 Å². The largest absolute Gasteiger partial charge is 0.416 e. The van der Waals surface area contributed by atoms with Crippen molar-refractivity contribution in [2.75, 3.05) is 19.6 Å². The average Bonchev–Trinajstić information content (AvgIpc) is 2.61. The van der Waals surface area contributed by atoms with E-state index in [9.17, 15) is 18.0 Å². The molecule has 0 saturated carbocycles. The molecule has 0 spiro atoms. The molecule has 0 atom stereocenters. The van der Waals surface area contributed by atoms with Crippen molar-refractivity contribution in [2.24, 2.45) is 0 Å². The number of rotatable bonds is 7. The lowest BCUT2D eigenvalue weighted by molar-refractivity contribution is -0.137. The predicted molar refractivity (Wildman–Crippen MR) is 96.5 cm³/mol. The molecule has 0 bridgehead atoms. The van der Waals surface area contributed by atoms with Crippen LogP contribution in [0.15, 0.2) is 48.5 Å². The smallest absolute Gasteiger partial charge is 0.342 e. The molecular formula is C20H23F3N2O. The van der Waals surface area contributed by atoms with E-state index in [0.717, 1.165) is 28.8 Å². The number of carbonyl (C=O) groups excluding carboxylic acids is 1. The van der Waals surface area contributed by atoms with E-state index < -0.39 is 11.7 Å². The molecule has 1 amide bonds. The maximum Gasteiger partial charge on any atom is 0.416 e. The fraction of sp³-hybridized carbons (Fsp3) is 0.350. The molecule has 1 N–H and O–H groups in total. The topological polar surface area (TPSA) is 32.3 Å². The van der Waals surface area contributed by atoms with Gasteiger partial charge in [0.05, 0.1) is 5.56 Å². The van der Waals surface area contributed by atoms with Crippen LogP contribution in [-0.4, -0.2) is 30.4 Å². The van der Waals surface area contributed by atoms with Gasteiger partial charge in [0.25, 0.3) is 0 Å². The maximum atomic E-state index is 12.6. The van der Waals surface area contributed by atoms with Crippen molar-refractivity contribution in [3.05, 3.63) is 59.7 Å². The Morgan fingerprint density at radius 1 is 1.00 bits per heavy atom. The number of nitrogens with one attached hydrogen (secondary N) is 1. The third-order valence-electron chi connectivity index (χ3n) is 4.21. The zero-order valence-electron chi connectivity index (χ0n) is 14.9. The minimum absolute atomic E-state index is 0.0650. The highest BCUT2D eigenvalue weighted by Crippen LogP contribution is 2.31. The standard InChI is InChI=1S/C20H23F3N2O/c1-3-25(15(2)26)13-12-24-14-16-4-6-17(7-5-16)18-8-10-19(11-9-18)20(21,22)23/h4-11,24H,3,12-14H2,1-2H3. The third kappa shape index (κ3) is 5.59. The van der Waals surface area contributed by atoms with Crippen LogP contribution >= 0.6 is 0 Å². The molecule has 0 aromatic heterocycles. The second-order valence-electron chi connectivity index (χ2n) is 6.05. The third-order valence-corrected chi connectivity index (χ3v) is 4.21. The Hall–Kier alpha value is -2.34. The van der Waals surface area contributed by atoms with Gasteiger partial charge in [-0.2, -0.15) is 13.2 Å². The summed E-state index contributed by atoms with van der Waals surface area (Å²) in [5.41, 5.74) is 2.05. The molecule has 0 radical (unpaired) electrons. The molecule has 2 rings (SSSR count). The summed E-state index contributed by atoms with van der Waals surface area (Å²) in [5, 5.41) is 3.29. The molecule has 0 heterocycles. The number of likely N-dealkylation sites (N-methyl/N-ethyl adjacent to an activating group) is 1. The summed E-state index contributed by atoms with van der Waals surface area (Å²) >= 11 is 0. The number of alkyl halides is 3. The fourth-order valence-electron chi connectivity index (χ4n) is 2.65. The minimum atomic E-state index is -4.32. The van der Waals surface area contributed by atoms with Crippen molar-refractivity contribution >= 4 is 5.91 Å². The molecule has 3 nitrogen and oxygen atoms in total. The van der Waals surface area contributed by atoms with Crippen molar-refractivity contribution in [1.29, 1.82) is 0 Å². The Morgan fingerprint density at radius 3 is 2.00 bits per heavy atom. The van der Waals surface area contributed by atoms with Crippen LogP contribution < -0.4 is 5.32 Å². The van der Waals surface area contributed by atoms with Crippen LogP contribution in [0, 0.1) is 0 Å². The first-order valence-corrected chi connectivity index (χ1v) is 8.54. The molecule has 2 aromatic carbocycles. The molecule has 0 saturated heterocycles. The lowest BCUT2D eigenvalue weighted by atomic mass is 10.0. The minimum Gasteiger partial charge on any atom is -0.342 e. The molecule has 0 fully saturated rings. The zero-order chi connectivity index (χ0) is 19.2. The second kappa shape index (κ2) is 8.85. The highest BCUT2D eigenvalue weighted by molar-refractivity contribution is 5.73. The van der Waals surface area contributed by atoms with Crippen LogP contribution in [0.1, 0.15) is 25.0 Å². The van der Waals surface area contributed by atoms with E-state index in [-0.39, 0.29) is 5.91 Å². The van der Waals surface area contributed by atoms with Crippen LogP contribution in [0.4, 0.5) is 13.2 Å². The molecule has 26 heavy (non-hydrogen) atoms. The molecule has 6 heteroatoms. The van der Waals surface area contributed by atoms with Gasteiger partial charge in [-0.15, -0.1) is 0 Å². The number of nitrogens with zero attached hydrogens (tertiary/aromatic N) is 1. The first-order chi connectivity index (χ1) is 12.3. The average molecular weight is 364 g/mol. The number of hydrogen-bond acceptors (Lipinski definition) is 2. The van der Waals surface area contributed by atoms with Gasteiger partial charge < -0.3 is 10.2 Å². The molecule has 0 unspecified atom stereocenters. The maximum absolute atomic E-state index is 12.6. The Morgan fingerprint density at radius 2 is 1.54 bits per heavy atom. The monoisotopic (exact) mass is 364 g/mol. The van der Waals surface area contributed by atoms with Gasteiger partial charge in [0, 0.05) is 33.1 Å². The number of benzene rings is 2. The number of carbonyl (C=O) groups is 1. The van der Waals surface area contributed by atoms with Crippen molar-refractivity contribution < 1.29 is 18.0 Å². The van der Waals surface area contributed by atoms with Crippen LogP contribution in [0.2, 0.25) is 0 Å². The van der Waals surface area contributed by atoms with Crippen LogP contribution in [0.25, 0.3) is 11.1 Å². The molecule has 0 aliphatic rings. The normalized spacial score (nSPS) is 11.4. The summed E-state index contributed by atoms with van der Waals surface area (Å²) < 4.78 is 37.8. The summed E-state index contributed by atoms with van der Waals surface area (Å²) in [6.07, 6.45) is -4.32. The lowest BCUT2D eigenvalue weighted by Gasteiger charge is -2.18. The SMILES string of the molecule is CCN(CCNCc1ccc(-c2ccc(C(F)(F)F)cc2)cc1)C(C)=O. The highest BCUT2D eigenvalue weighted by atomic mass is 19.4. The number of hydrogen-bond donors (Lipinski definition) is 1. The van der Waals surface area contributed by atoms with Gasteiger partial charge in [0.15, 0.2) is 0 Å². The lowest BCUT2D eigenvalue weighted by Crippen LogP contribution is -2.35. The summed E-state index contributed by atoms with van der Waals surface area (Å²) in [6, 6.07) is 12.8. The summed E-state index contributed by atoms with van der Waals surface area (Å²) in [5.74, 6) is 0.0650. The predicted octanol–water partition coefficient (Wildman–Crippen LogP) is 4.33. The van der Waals surface area contributed by atoms with Crippen molar-refractivity contribution in [3.63, 3.8) is 0 Å². The van der Waals surface area contributed by atoms with Crippen LogP contribution in [0.3, 0.4) is 0 Å². The molecule has 0 aliphatic carbocycles. The molecular weight excluding hydrogens is 341 g/mol. The second-order valence-corrected chi connectivity index (χ2v) is 6.05. The van der Waals surface area contributed by atoms with Gasteiger partial charge in [-0.3, -0.25) is 4.79 Å². The number of amides is 1. The molecule has 0 aliphatic heterocycles. The van der Waals surface area contributed by atoms with Crippen molar-refractivity contribution in [2.45, 2.75) is 26.6 Å². The highest BCUT2D eigenvalue weighted by Gasteiger charge is 2.29. The van der Waals surface area contributed by atoms with E-state index in [1.807, 2.05) is 31.2 Å². The Bertz CT molecular complexity index is 709. The number of halogens is 3. The van der Waals surface area contributed by atoms with Gasteiger partial charge in [0.1, 0.15) is 0 Å². The zero-order valence-corrected chi connectivity index (χ0v) is 14.9. The summed E-state index contributed by atoms with van der Waals surface area (Å²) in [6.45, 7) is 6.23. The van der Waals surface area contributed by atoms with Gasteiger partial charge >= 0.3 is 6.18 Å². The quantitative estimate of drug-likeness (QED) is 0.742. The summed E-state index contributed by atoms with van der Waals surface area (Å²) in [7, 11) is 0. The Labute approximate surface area is 151 Å². The molecule has 140 valence electrons. The molecule has 2 aromatic rings. The van der Waals surface area contributed by atoms with Gasteiger partial charge in [-0.1, -0.05) is 36.4 Å². The van der Waals surface area contributed by atoms with E-state index in [4.69, 9.17) is 0 Å².